The summed E-state index contributed by atoms with van der Waals surface area (Å²) in [5.74, 6) is -1.19. The molecule has 0 heterocycles. The molecule has 6 heteroatoms. The van der Waals surface area contributed by atoms with Crippen LogP contribution in [0.2, 0.25) is 5.02 Å². The quantitative estimate of drug-likeness (QED) is 0.750. The van der Waals surface area contributed by atoms with Gasteiger partial charge in [-0.15, -0.1) is 0 Å². The standard InChI is InChI=1S/C9H7ClF4O/c1-8(15,9(12,13)14)7-5(10)3-2-4-6(7)11/h2-4,15H,1H3. The van der Waals surface area contributed by atoms with Crippen molar-refractivity contribution in [2.75, 3.05) is 0 Å². The zero-order valence-corrected chi connectivity index (χ0v) is 8.33. The van der Waals surface area contributed by atoms with Gasteiger partial charge in [0.05, 0.1) is 0 Å². The number of aliphatic hydroxyl groups is 1. The Hall–Kier alpha value is -0.810. The van der Waals surface area contributed by atoms with Crippen molar-refractivity contribution >= 4 is 11.6 Å². The van der Waals surface area contributed by atoms with Crippen molar-refractivity contribution in [3.05, 3.63) is 34.6 Å². The number of hydrogen-bond acceptors (Lipinski definition) is 1. The van der Waals surface area contributed by atoms with Crippen molar-refractivity contribution in [3.8, 4) is 0 Å². The van der Waals surface area contributed by atoms with Gasteiger partial charge in [0.1, 0.15) is 5.82 Å². The highest BCUT2D eigenvalue weighted by Gasteiger charge is 2.53. The Bertz CT molecular complexity index is 353. The zero-order valence-electron chi connectivity index (χ0n) is 7.57. The smallest absolute Gasteiger partial charge is 0.376 e. The van der Waals surface area contributed by atoms with E-state index in [2.05, 4.69) is 0 Å². The molecular formula is C9H7ClF4O. The molecule has 1 unspecified atom stereocenters. The molecule has 0 amide bonds. The Morgan fingerprint density at radius 1 is 1.27 bits per heavy atom. The summed E-state index contributed by atoms with van der Waals surface area (Å²) < 4.78 is 50.3. The highest BCUT2D eigenvalue weighted by molar-refractivity contribution is 6.31. The summed E-state index contributed by atoms with van der Waals surface area (Å²) in [4.78, 5) is 0. The van der Waals surface area contributed by atoms with Gasteiger partial charge >= 0.3 is 6.18 Å². The predicted octanol–water partition coefficient (Wildman–Crippen LogP) is 3.25. The van der Waals surface area contributed by atoms with Crippen LogP contribution in [0.5, 0.6) is 0 Å². The van der Waals surface area contributed by atoms with Gasteiger partial charge < -0.3 is 5.11 Å². The fraction of sp³-hybridized carbons (Fsp3) is 0.333. The summed E-state index contributed by atoms with van der Waals surface area (Å²) in [6, 6.07) is 3.05. The second-order valence-corrected chi connectivity index (χ2v) is 3.57. The van der Waals surface area contributed by atoms with Gasteiger partial charge in [-0.1, -0.05) is 17.7 Å². The molecule has 0 aliphatic heterocycles. The fourth-order valence-electron chi connectivity index (χ4n) is 1.10. The van der Waals surface area contributed by atoms with Crippen LogP contribution in [0.25, 0.3) is 0 Å². The molecule has 0 spiro atoms. The van der Waals surface area contributed by atoms with E-state index in [1.807, 2.05) is 0 Å². The minimum absolute atomic E-state index is 0.456. The predicted molar refractivity (Wildman–Crippen MR) is 47.0 cm³/mol. The molecule has 1 rings (SSSR count). The van der Waals surface area contributed by atoms with E-state index in [0.717, 1.165) is 18.2 Å². The van der Waals surface area contributed by atoms with Crippen molar-refractivity contribution in [2.24, 2.45) is 0 Å². The number of halogens is 5. The van der Waals surface area contributed by atoms with Crippen LogP contribution in [0.15, 0.2) is 18.2 Å². The summed E-state index contributed by atoms with van der Waals surface area (Å²) in [5.41, 5.74) is -4.26. The lowest BCUT2D eigenvalue weighted by Crippen LogP contribution is -2.40. The van der Waals surface area contributed by atoms with Crippen LogP contribution in [0.3, 0.4) is 0 Å². The zero-order chi connectivity index (χ0) is 11.9. The molecule has 0 saturated heterocycles. The van der Waals surface area contributed by atoms with Crippen molar-refractivity contribution in [3.63, 3.8) is 0 Å². The van der Waals surface area contributed by atoms with Crippen molar-refractivity contribution in [1.82, 2.24) is 0 Å². The first-order chi connectivity index (χ1) is 6.68. The van der Waals surface area contributed by atoms with E-state index < -0.39 is 28.2 Å². The Labute approximate surface area is 88.3 Å². The van der Waals surface area contributed by atoms with E-state index in [0.29, 0.717) is 6.92 Å². The van der Waals surface area contributed by atoms with Crippen molar-refractivity contribution in [1.29, 1.82) is 0 Å². The highest BCUT2D eigenvalue weighted by Crippen LogP contribution is 2.42. The van der Waals surface area contributed by atoms with Gasteiger partial charge in [-0.25, -0.2) is 4.39 Å². The van der Waals surface area contributed by atoms with Gasteiger partial charge in [0.25, 0.3) is 0 Å². The number of alkyl halides is 3. The molecule has 0 saturated carbocycles. The Morgan fingerprint density at radius 3 is 2.20 bits per heavy atom. The lowest BCUT2D eigenvalue weighted by Gasteiger charge is -2.27. The van der Waals surface area contributed by atoms with Gasteiger partial charge in [0, 0.05) is 10.6 Å². The van der Waals surface area contributed by atoms with Crippen molar-refractivity contribution in [2.45, 2.75) is 18.7 Å². The average molecular weight is 243 g/mol. The first-order valence-electron chi connectivity index (χ1n) is 3.91. The number of hydrogen-bond donors (Lipinski definition) is 1. The van der Waals surface area contributed by atoms with E-state index in [1.165, 1.54) is 0 Å². The van der Waals surface area contributed by atoms with Crippen molar-refractivity contribution < 1.29 is 22.7 Å². The second-order valence-electron chi connectivity index (χ2n) is 3.17. The van der Waals surface area contributed by atoms with Crippen LogP contribution in [-0.2, 0) is 5.60 Å². The molecule has 0 radical (unpaired) electrons. The minimum atomic E-state index is -4.99. The van der Waals surface area contributed by atoms with Crippen LogP contribution in [0.4, 0.5) is 17.6 Å². The molecule has 0 bridgehead atoms. The SMILES string of the molecule is CC(O)(c1c(F)cccc1Cl)C(F)(F)F. The third kappa shape index (κ3) is 2.08. The second kappa shape index (κ2) is 3.64. The van der Waals surface area contributed by atoms with Crippen LogP contribution in [-0.4, -0.2) is 11.3 Å². The van der Waals surface area contributed by atoms with Crippen LogP contribution in [0.1, 0.15) is 12.5 Å². The highest BCUT2D eigenvalue weighted by atomic mass is 35.5. The third-order valence-corrected chi connectivity index (χ3v) is 2.32. The van der Waals surface area contributed by atoms with E-state index in [4.69, 9.17) is 11.6 Å². The summed E-state index contributed by atoms with van der Waals surface area (Å²) in [7, 11) is 0. The largest absolute Gasteiger partial charge is 0.421 e. The third-order valence-electron chi connectivity index (χ3n) is 2.00. The Kier molecular flexibility index (Phi) is 2.98. The van der Waals surface area contributed by atoms with Gasteiger partial charge in [0.15, 0.2) is 5.60 Å². The van der Waals surface area contributed by atoms with E-state index in [1.54, 1.807) is 0 Å². The molecule has 1 aromatic rings. The van der Waals surface area contributed by atoms with Gasteiger partial charge in [-0.2, -0.15) is 13.2 Å². The van der Waals surface area contributed by atoms with Crippen LogP contribution < -0.4 is 0 Å². The number of rotatable bonds is 1. The van der Waals surface area contributed by atoms with E-state index in [-0.39, 0.29) is 0 Å². The number of benzene rings is 1. The fourth-order valence-corrected chi connectivity index (χ4v) is 1.45. The van der Waals surface area contributed by atoms with Crippen LogP contribution >= 0.6 is 11.6 Å². The summed E-state index contributed by atoms with van der Waals surface area (Å²) in [6.07, 6.45) is -4.99. The molecule has 0 aliphatic carbocycles. The molecule has 1 aromatic carbocycles. The van der Waals surface area contributed by atoms with Gasteiger partial charge in [-0.05, 0) is 19.1 Å². The Morgan fingerprint density at radius 2 is 1.80 bits per heavy atom. The summed E-state index contributed by atoms with van der Waals surface area (Å²) in [5, 5.41) is 8.77. The first-order valence-corrected chi connectivity index (χ1v) is 4.29. The molecule has 1 nitrogen and oxygen atoms in total. The van der Waals surface area contributed by atoms with Gasteiger partial charge in [0.2, 0.25) is 0 Å². The molecule has 0 fully saturated rings. The first kappa shape index (κ1) is 12.3. The molecule has 1 atom stereocenters. The van der Waals surface area contributed by atoms with Crippen LogP contribution in [0, 0.1) is 5.82 Å². The summed E-state index contributed by atoms with van der Waals surface area (Å²) in [6.45, 7) is 0.456. The maximum absolute atomic E-state index is 13.1. The Balaban J connectivity index is 3.39. The molecule has 1 N–H and O–H groups in total. The molecular weight excluding hydrogens is 236 g/mol. The molecule has 84 valence electrons. The monoisotopic (exact) mass is 242 g/mol. The average Bonchev–Trinajstić information content (AvgIpc) is 2.00. The molecule has 0 aromatic heterocycles. The summed E-state index contributed by atoms with van der Waals surface area (Å²) >= 11 is 5.42. The minimum Gasteiger partial charge on any atom is -0.376 e. The maximum Gasteiger partial charge on any atom is 0.421 e. The molecule has 15 heavy (non-hydrogen) atoms. The normalized spacial score (nSPS) is 16.2. The van der Waals surface area contributed by atoms with Gasteiger partial charge in [-0.3, -0.25) is 0 Å². The molecule has 0 aliphatic rings. The maximum atomic E-state index is 13.1. The van der Waals surface area contributed by atoms with E-state index >= 15 is 0 Å². The lowest BCUT2D eigenvalue weighted by molar-refractivity contribution is -0.259. The van der Waals surface area contributed by atoms with E-state index in [9.17, 15) is 22.7 Å². The lowest BCUT2D eigenvalue weighted by atomic mass is 9.95. The topological polar surface area (TPSA) is 20.2 Å².